The molecule has 5 N–H and O–H groups in total. The molecule has 2 amide bonds. The average molecular weight is 405 g/mol. The van der Waals surface area contributed by atoms with E-state index in [1.54, 1.807) is 20.8 Å². The van der Waals surface area contributed by atoms with Crippen LogP contribution in [0.1, 0.15) is 46.5 Å². The number of rotatable bonds is 11. The van der Waals surface area contributed by atoms with Crippen molar-refractivity contribution in [3.05, 3.63) is 10.1 Å². The molecular weight excluding hydrogens is 378 g/mol. The number of aliphatic carboxylic acids is 1. The molecule has 0 aromatic rings. The van der Waals surface area contributed by atoms with Crippen LogP contribution in [0, 0.1) is 10.1 Å². The number of carbonyl (C=O) groups is 3. The minimum Gasteiger partial charge on any atom is -0.480 e. The third-order valence-corrected chi connectivity index (χ3v) is 2.93. The molecule has 0 rings (SSSR count). The molecule has 28 heavy (non-hydrogen) atoms. The highest BCUT2D eigenvalue weighted by Gasteiger charge is 2.23. The molecule has 0 aliphatic rings. The van der Waals surface area contributed by atoms with Crippen LogP contribution in [0.5, 0.6) is 0 Å². The van der Waals surface area contributed by atoms with Crippen LogP contribution < -0.4 is 16.4 Å². The van der Waals surface area contributed by atoms with Crippen LogP contribution in [0.4, 0.5) is 4.79 Å². The summed E-state index contributed by atoms with van der Waals surface area (Å²) in [6.07, 6.45) is -0.379. The first-order valence-corrected chi connectivity index (χ1v) is 8.50. The lowest BCUT2D eigenvalue weighted by molar-refractivity contribution is -0.757. The topological polar surface area (TPSA) is 195 Å². The molecule has 0 radical (unpaired) electrons. The first-order chi connectivity index (χ1) is 12.9. The number of hydrogen-bond acceptors (Lipinski definition) is 8. The van der Waals surface area contributed by atoms with Gasteiger partial charge in [0.1, 0.15) is 11.6 Å². The van der Waals surface area contributed by atoms with E-state index in [0.29, 0.717) is 0 Å². The smallest absolute Gasteiger partial charge is 0.408 e. The quantitative estimate of drug-likeness (QED) is 0.122. The maximum atomic E-state index is 11.6. The Hall–Kier alpha value is -3.12. The molecule has 13 heteroatoms. The third kappa shape index (κ3) is 14.1. The zero-order valence-electron chi connectivity index (χ0n) is 16.1. The molecule has 0 spiro atoms. The van der Waals surface area contributed by atoms with Gasteiger partial charge in [0.15, 0.2) is 5.96 Å². The highest BCUT2D eigenvalue weighted by molar-refractivity contribution is 5.96. The Morgan fingerprint density at radius 3 is 2.46 bits per heavy atom. The number of nitrogens with two attached hydrogens (primary N) is 1. The van der Waals surface area contributed by atoms with Gasteiger partial charge in [-0.3, -0.25) is 15.1 Å². The largest absolute Gasteiger partial charge is 0.480 e. The summed E-state index contributed by atoms with van der Waals surface area (Å²) in [5.74, 6) is -1.86. The Bertz CT molecular complexity index is 587. The Labute approximate surface area is 161 Å². The van der Waals surface area contributed by atoms with Gasteiger partial charge in [-0.05, 0) is 40.0 Å². The number of aliphatic imine (C=N–C) groups is 1. The zero-order chi connectivity index (χ0) is 21.7. The lowest BCUT2D eigenvalue weighted by Crippen LogP contribution is -2.43. The molecule has 13 nitrogen and oxygen atoms in total. The summed E-state index contributed by atoms with van der Waals surface area (Å²) < 4.78 is 5.01. The van der Waals surface area contributed by atoms with Gasteiger partial charge in [0.25, 0.3) is 5.09 Å². The highest BCUT2D eigenvalue weighted by Crippen LogP contribution is 2.08. The zero-order valence-corrected chi connectivity index (χ0v) is 16.1. The summed E-state index contributed by atoms with van der Waals surface area (Å²) in [7, 11) is 0. The number of carboxylic acid groups (broad SMARTS) is 1. The average Bonchev–Trinajstić information content (AvgIpc) is 2.52. The normalized spacial score (nSPS) is 12.6. The molecule has 0 saturated heterocycles. The van der Waals surface area contributed by atoms with Crippen LogP contribution in [0.15, 0.2) is 4.99 Å². The summed E-state index contributed by atoms with van der Waals surface area (Å²) in [4.78, 5) is 52.3. The van der Waals surface area contributed by atoms with Crippen molar-refractivity contribution in [2.75, 3.05) is 13.2 Å². The summed E-state index contributed by atoms with van der Waals surface area (Å²) >= 11 is 0. The SMILES string of the molecule is CC(C)(C)OC(=O)NC(CCCN=C(N)NC(=O)CCCO[N+](=O)[O-])C(=O)O. The van der Waals surface area contributed by atoms with Crippen molar-refractivity contribution < 1.29 is 34.2 Å². The second kappa shape index (κ2) is 12.3. The maximum absolute atomic E-state index is 11.6. The van der Waals surface area contributed by atoms with Gasteiger partial charge in [0.05, 0.1) is 6.61 Å². The van der Waals surface area contributed by atoms with Crippen molar-refractivity contribution in [1.29, 1.82) is 0 Å². The molecule has 0 aromatic carbocycles. The van der Waals surface area contributed by atoms with Crippen LogP contribution in [0.25, 0.3) is 0 Å². The lowest BCUT2D eigenvalue weighted by atomic mass is 10.1. The van der Waals surface area contributed by atoms with Crippen LogP contribution >= 0.6 is 0 Å². The van der Waals surface area contributed by atoms with Gasteiger partial charge in [-0.2, -0.15) is 0 Å². The predicted octanol–water partition coefficient (Wildman–Crippen LogP) is 0.164. The van der Waals surface area contributed by atoms with Crippen molar-refractivity contribution in [3.63, 3.8) is 0 Å². The van der Waals surface area contributed by atoms with Crippen molar-refractivity contribution in [2.45, 2.75) is 58.1 Å². The fourth-order valence-corrected chi connectivity index (χ4v) is 1.82. The molecule has 160 valence electrons. The second-order valence-electron chi connectivity index (χ2n) is 6.65. The van der Waals surface area contributed by atoms with E-state index >= 15 is 0 Å². The second-order valence-corrected chi connectivity index (χ2v) is 6.65. The Kier molecular flexibility index (Phi) is 10.9. The van der Waals surface area contributed by atoms with E-state index in [9.17, 15) is 24.5 Å². The van der Waals surface area contributed by atoms with E-state index in [1.807, 2.05) is 0 Å². The molecule has 0 aromatic heterocycles. The molecule has 1 unspecified atom stereocenters. The van der Waals surface area contributed by atoms with Crippen molar-refractivity contribution in [2.24, 2.45) is 10.7 Å². The number of nitrogens with one attached hydrogen (secondary N) is 2. The van der Waals surface area contributed by atoms with Crippen LogP contribution in [0.3, 0.4) is 0 Å². The third-order valence-electron chi connectivity index (χ3n) is 2.93. The van der Waals surface area contributed by atoms with Crippen LogP contribution in [-0.4, -0.2) is 58.9 Å². The van der Waals surface area contributed by atoms with E-state index in [2.05, 4.69) is 20.5 Å². The van der Waals surface area contributed by atoms with Gasteiger partial charge >= 0.3 is 12.1 Å². The minimum atomic E-state index is -1.21. The molecular formula is C15H27N5O8. The number of nitrogens with zero attached hydrogens (tertiary/aromatic N) is 2. The standard InChI is InChI=1S/C15H27N5O8/c1-15(2,3)28-14(24)18-10(12(22)23)6-4-8-17-13(16)19-11(21)7-5-9-27-20(25)26/h10H,4-9H2,1-3H3,(H,18,24)(H,22,23)(H3,16,17,19,21). The molecule has 0 saturated carbocycles. The Morgan fingerprint density at radius 1 is 1.29 bits per heavy atom. The number of carbonyl (C=O) groups excluding carboxylic acids is 2. The van der Waals surface area contributed by atoms with Gasteiger partial charge in [-0.25, -0.2) is 9.59 Å². The lowest BCUT2D eigenvalue weighted by Gasteiger charge is -2.21. The minimum absolute atomic E-state index is 0.0367. The van der Waals surface area contributed by atoms with E-state index < -0.39 is 34.7 Å². The van der Waals surface area contributed by atoms with Gasteiger partial charge in [-0.15, -0.1) is 10.1 Å². The van der Waals surface area contributed by atoms with E-state index in [4.69, 9.17) is 15.6 Å². The molecule has 0 aliphatic carbocycles. The fourth-order valence-electron chi connectivity index (χ4n) is 1.82. The van der Waals surface area contributed by atoms with Gasteiger partial charge in [0.2, 0.25) is 5.91 Å². The van der Waals surface area contributed by atoms with Gasteiger partial charge < -0.3 is 25.7 Å². The Balaban J connectivity index is 4.21. The van der Waals surface area contributed by atoms with Gasteiger partial charge in [0, 0.05) is 13.0 Å². The molecule has 1 atom stereocenters. The van der Waals surface area contributed by atoms with Gasteiger partial charge in [-0.1, -0.05) is 0 Å². The van der Waals surface area contributed by atoms with Crippen LogP contribution in [0.2, 0.25) is 0 Å². The number of hydrogen-bond donors (Lipinski definition) is 4. The summed E-state index contributed by atoms with van der Waals surface area (Å²) in [6.45, 7) is 4.88. The molecule has 0 bridgehead atoms. The number of ether oxygens (including phenoxy) is 1. The highest BCUT2D eigenvalue weighted by atomic mass is 16.9. The molecule has 0 fully saturated rings. The predicted molar refractivity (Wildman–Crippen MR) is 96.8 cm³/mol. The van der Waals surface area contributed by atoms with Crippen LogP contribution in [-0.2, 0) is 19.2 Å². The molecule has 0 aliphatic heterocycles. The van der Waals surface area contributed by atoms with Crippen molar-refractivity contribution in [1.82, 2.24) is 10.6 Å². The molecule has 0 heterocycles. The number of guanidine groups is 1. The first kappa shape index (κ1) is 24.9. The number of carboxylic acids is 1. The maximum Gasteiger partial charge on any atom is 0.408 e. The Morgan fingerprint density at radius 2 is 1.93 bits per heavy atom. The van der Waals surface area contributed by atoms with E-state index in [0.717, 1.165) is 0 Å². The fraction of sp³-hybridized carbons (Fsp3) is 0.733. The first-order valence-electron chi connectivity index (χ1n) is 8.50. The van der Waals surface area contributed by atoms with E-state index in [1.165, 1.54) is 0 Å². The number of alkyl carbamates (subject to hydrolysis) is 1. The monoisotopic (exact) mass is 405 g/mol. The summed E-state index contributed by atoms with van der Waals surface area (Å²) in [5, 5.41) is 22.7. The summed E-state index contributed by atoms with van der Waals surface area (Å²) in [5.41, 5.74) is 4.78. The number of amides is 2. The summed E-state index contributed by atoms with van der Waals surface area (Å²) in [6, 6.07) is -1.15. The van der Waals surface area contributed by atoms with E-state index in [-0.39, 0.29) is 44.8 Å². The van der Waals surface area contributed by atoms with Crippen molar-refractivity contribution >= 4 is 23.9 Å². The van der Waals surface area contributed by atoms with Crippen molar-refractivity contribution in [3.8, 4) is 0 Å².